The van der Waals surface area contributed by atoms with Crippen LogP contribution in [0.5, 0.6) is 0 Å². The number of carbonyl (C=O) groups is 2. The van der Waals surface area contributed by atoms with Crippen LogP contribution in [-0.2, 0) is 15.8 Å². The molecule has 1 heterocycles. The third-order valence-corrected chi connectivity index (χ3v) is 4.88. The summed E-state index contributed by atoms with van der Waals surface area (Å²) in [6.07, 6.45) is -4.40. The first kappa shape index (κ1) is 18.6. The van der Waals surface area contributed by atoms with Crippen molar-refractivity contribution in [3.05, 3.63) is 35.4 Å². The second kappa shape index (κ2) is 7.04. The van der Waals surface area contributed by atoms with Crippen molar-refractivity contribution < 1.29 is 22.8 Å². The third-order valence-electron chi connectivity index (χ3n) is 3.66. The van der Waals surface area contributed by atoms with Crippen LogP contribution >= 0.6 is 11.8 Å². The molecule has 8 heteroatoms. The Morgan fingerprint density at radius 3 is 2.33 bits per heavy atom. The lowest BCUT2D eigenvalue weighted by atomic mass is 10.1. The van der Waals surface area contributed by atoms with Gasteiger partial charge < -0.3 is 10.2 Å². The Labute approximate surface area is 142 Å². The van der Waals surface area contributed by atoms with E-state index in [9.17, 15) is 22.8 Å². The molecular weight excluding hydrogens is 341 g/mol. The van der Waals surface area contributed by atoms with Crippen molar-refractivity contribution in [3.8, 4) is 0 Å². The van der Waals surface area contributed by atoms with Crippen molar-refractivity contribution in [2.24, 2.45) is 0 Å². The van der Waals surface area contributed by atoms with E-state index in [-0.39, 0.29) is 23.6 Å². The van der Waals surface area contributed by atoms with Gasteiger partial charge in [0.1, 0.15) is 11.4 Å². The van der Waals surface area contributed by atoms with Crippen molar-refractivity contribution in [2.75, 3.05) is 5.75 Å². The number of hydrogen-bond acceptors (Lipinski definition) is 3. The number of halogens is 3. The van der Waals surface area contributed by atoms with Gasteiger partial charge in [-0.15, -0.1) is 11.8 Å². The fourth-order valence-corrected chi connectivity index (χ4v) is 3.74. The number of nitrogens with one attached hydrogen (secondary N) is 1. The highest BCUT2D eigenvalue weighted by molar-refractivity contribution is 8.00. The van der Waals surface area contributed by atoms with Gasteiger partial charge in [-0.05, 0) is 38.5 Å². The Hall–Kier alpha value is -1.70. The smallest absolute Gasteiger partial charge is 0.352 e. The van der Waals surface area contributed by atoms with E-state index in [0.29, 0.717) is 5.56 Å². The van der Waals surface area contributed by atoms with Crippen LogP contribution in [0.25, 0.3) is 0 Å². The number of benzene rings is 1. The molecule has 0 aromatic heterocycles. The standard InChI is InChI=1S/C16H19F3N2O2S/c1-9(2)20-14(23)10(3)21-13(22)8-24-15(21)11-4-6-12(7-5-11)16(17,18)19/h4-7,9-10,15H,8H2,1-3H3,(H,20,23)/t10-,15+/m0/s1. The van der Waals surface area contributed by atoms with Crippen LogP contribution in [0.1, 0.15) is 37.3 Å². The van der Waals surface area contributed by atoms with Crippen LogP contribution in [0.2, 0.25) is 0 Å². The first-order valence-electron chi connectivity index (χ1n) is 7.51. The fraction of sp³-hybridized carbons (Fsp3) is 0.500. The zero-order valence-corrected chi connectivity index (χ0v) is 14.4. The van der Waals surface area contributed by atoms with Gasteiger partial charge in [0, 0.05) is 6.04 Å². The van der Waals surface area contributed by atoms with Gasteiger partial charge in [-0.2, -0.15) is 13.2 Å². The van der Waals surface area contributed by atoms with Crippen molar-refractivity contribution in [2.45, 2.75) is 44.4 Å². The van der Waals surface area contributed by atoms with E-state index in [4.69, 9.17) is 0 Å². The molecule has 0 radical (unpaired) electrons. The molecule has 132 valence electrons. The molecule has 0 saturated carbocycles. The Kier molecular flexibility index (Phi) is 5.47. The maximum atomic E-state index is 12.7. The number of thioether (sulfide) groups is 1. The van der Waals surface area contributed by atoms with Crippen LogP contribution in [0, 0.1) is 0 Å². The molecule has 4 nitrogen and oxygen atoms in total. The van der Waals surface area contributed by atoms with Crippen LogP contribution < -0.4 is 5.32 Å². The fourth-order valence-electron chi connectivity index (χ4n) is 2.48. The SMILES string of the molecule is CC(C)NC(=O)[C@H](C)N1C(=O)CS[C@@H]1c1ccc(C(F)(F)F)cc1. The third kappa shape index (κ3) is 4.03. The monoisotopic (exact) mass is 360 g/mol. The average Bonchev–Trinajstić information content (AvgIpc) is 2.86. The lowest BCUT2D eigenvalue weighted by Crippen LogP contribution is -2.48. The number of carbonyl (C=O) groups excluding carboxylic acids is 2. The number of nitrogens with zero attached hydrogens (tertiary/aromatic N) is 1. The largest absolute Gasteiger partial charge is 0.416 e. The summed E-state index contributed by atoms with van der Waals surface area (Å²) in [7, 11) is 0. The number of rotatable bonds is 4. The Bertz CT molecular complexity index is 617. The first-order chi connectivity index (χ1) is 11.1. The molecule has 2 amide bonds. The van der Waals surface area contributed by atoms with Gasteiger partial charge in [-0.1, -0.05) is 12.1 Å². The highest BCUT2D eigenvalue weighted by atomic mass is 32.2. The summed E-state index contributed by atoms with van der Waals surface area (Å²) in [5, 5.41) is 2.29. The molecule has 1 aliphatic rings. The van der Waals surface area contributed by atoms with Crippen LogP contribution in [0.15, 0.2) is 24.3 Å². The highest BCUT2D eigenvalue weighted by Crippen LogP contribution is 2.41. The van der Waals surface area contributed by atoms with Gasteiger partial charge in [0.05, 0.1) is 11.3 Å². The summed E-state index contributed by atoms with van der Waals surface area (Å²) in [6.45, 7) is 5.26. The molecule has 0 spiro atoms. The molecule has 1 fully saturated rings. The molecule has 0 bridgehead atoms. The van der Waals surface area contributed by atoms with Crippen LogP contribution in [-0.4, -0.2) is 34.6 Å². The van der Waals surface area contributed by atoms with Gasteiger partial charge in [-0.25, -0.2) is 0 Å². The van der Waals surface area contributed by atoms with Crippen molar-refractivity contribution in [1.82, 2.24) is 10.2 Å². The van der Waals surface area contributed by atoms with Crippen molar-refractivity contribution in [3.63, 3.8) is 0 Å². The topological polar surface area (TPSA) is 49.4 Å². The number of alkyl halides is 3. The molecule has 1 saturated heterocycles. The number of amides is 2. The molecule has 2 rings (SSSR count). The summed E-state index contributed by atoms with van der Waals surface area (Å²) in [6, 6.07) is 3.96. The maximum Gasteiger partial charge on any atom is 0.416 e. The predicted molar refractivity (Wildman–Crippen MR) is 86.2 cm³/mol. The predicted octanol–water partition coefficient (Wildman–Crippen LogP) is 3.19. The molecule has 2 atom stereocenters. The van der Waals surface area contributed by atoms with E-state index in [1.807, 2.05) is 13.8 Å². The highest BCUT2D eigenvalue weighted by Gasteiger charge is 2.39. The zero-order chi connectivity index (χ0) is 18.1. The van der Waals surface area contributed by atoms with E-state index < -0.39 is 23.2 Å². The molecule has 1 N–H and O–H groups in total. The average molecular weight is 360 g/mol. The molecule has 0 aliphatic carbocycles. The van der Waals surface area contributed by atoms with Crippen molar-refractivity contribution >= 4 is 23.6 Å². The maximum absolute atomic E-state index is 12.7. The molecule has 0 unspecified atom stereocenters. The number of hydrogen-bond donors (Lipinski definition) is 1. The second-order valence-electron chi connectivity index (χ2n) is 5.92. The van der Waals surface area contributed by atoms with E-state index >= 15 is 0 Å². The summed E-state index contributed by atoms with van der Waals surface area (Å²) in [5.74, 6) is -0.278. The summed E-state index contributed by atoms with van der Waals surface area (Å²) >= 11 is 1.30. The summed E-state index contributed by atoms with van der Waals surface area (Å²) < 4.78 is 38.0. The first-order valence-corrected chi connectivity index (χ1v) is 8.56. The van der Waals surface area contributed by atoms with E-state index in [0.717, 1.165) is 12.1 Å². The minimum atomic E-state index is -4.40. The lowest BCUT2D eigenvalue weighted by molar-refractivity contribution is -0.138. The summed E-state index contributed by atoms with van der Waals surface area (Å²) in [5.41, 5.74) is -0.166. The Morgan fingerprint density at radius 1 is 1.25 bits per heavy atom. The molecular formula is C16H19F3N2O2S. The molecule has 1 aromatic carbocycles. The lowest BCUT2D eigenvalue weighted by Gasteiger charge is -2.30. The van der Waals surface area contributed by atoms with E-state index in [2.05, 4.69) is 5.32 Å². The van der Waals surface area contributed by atoms with Gasteiger partial charge in [0.2, 0.25) is 11.8 Å². The normalized spacial score (nSPS) is 19.7. The summed E-state index contributed by atoms with van der Waals surface area (Å²) in [4.78, 5) is 25.8. The molecule has 24 heavy (non-hydrogen) atoms. The quantitative estimate of drug-likeness (QED) is 0.897. The van der Waals surface area contributed by atoms with Crippen LogP contribution in [0.4, 0.5) is 13.2 Å². The minimum Gasteiger partial charge on any atom is -0.352 e. The molecule has 1 aliphatic heterocycles. The van der Waals surface area contributed by atoms with E-state index in [1.54, 1.807) is 6.92 Å². The Morgan fingerprint density at radius 2 is 1.83 bits per heavy atom. The Balaban J connectivity index is 2.22. The van der Waals surface area contributed by atoms with Crippen molar-refractivity contribution in [1.29, 1.82) is 0 Å². The minimum absolute atomic E-state index is 0.0603. The zero-order valence-electron chi connectivity index (χ0n) is 13.6. The van der Waals surface area contributed by atoms with Gasteiger partial charge in [0.15, 0.2) is 0 Å². The van der Waals surface area contributed by atoms with Crippen LogP contribution in [0.3, 0.4) is 0 Å². The van der Waals surface area contributed by atoms with Gasteiger partial charge in [-0.3, -0.25) is 9.59 Å². The molecule has 1 aromatic rings. The van der Waals surface area contributed by atoms with E-state index in [1.165, 1.54) is 28.8 Å². The van der Waals surface area contributed by atoms with Gasteiger partial charge >= 0.3 is 6.18 Å². The second-order valence-corrected chi connectivity index (χ2v) is 6.99. The van der Waals surface area contributed by atoms with Gasteiger partial charge in [0.25, 0.3) is 0 Å².